The Balaban J connectivity index is 2.20. The summed E-state index contributed by atoms with van der Waals surface area (Å²) in [5.41, 5.74) is 0.853. The summed E-state index contributed by atoms with van der Waals surface area (Å²) in [5, 5.41) is 11.1. The van der Waals surface area contributed by atoms with Gasteiger partial charge in [-0.25, -0.2) is 4.21 Å². The molecule has 1 aromatic carbocycles. The first-order chi connectivity index (χ1) is 14.5. The van der Waals surface area contributed by atoms with Gasteiger partial charge in [-0.15, -0.1) is 6.58 Å². The summed E-state index contributed by atoms with van der Waals surface area (Å²) in [4.78, 5) is 14.8. The van der Waals surface area contributed by atoms with Crippen LogP contribution in [0, 0.1) is 5.41 Å². The number of benzene rings is 1. The van der Waals surface area contributed by atoms with Gasteiger partial charge in [0.15, 0.2) is 0 Å². The molecule has 0 bridgehead atoms. The first-order valence-corrected chi connectivity index (χ1v) is 11.1. The Bertz CT molecular complexity index is 810. The van der Waals surface area contributed by atoms with Gasteiger partial charge in [-0.05, 0) is 37.5 Å². The molecule has 10 heteroatoms. The highest BCUT2D eigenvalue weighted by atomic mass is 35.5. The third-order valence-electron chi connectivity index (χ3n) is 4.51. The predicted octanol–water partition coefficient (Wildman–Crippen LogP) is 3.27. The molecule has 8 nitrogen and oxygen atoms in total. The van der Waals surface area contributed by atoms with Gasteiger partial charge in [0.1, 0.15) is 5.70 Å². The van der Waals surface area contributed by atoms with Crippen molar-refractivity contribution in [2.45, 2.75) is 19.3 Å². The molecule has 30 heavy (non-hydrogen) atoms. The van der Waals surface area contributed by atoms with Crippen LogP contribution in [0.25, 0.3) is 0 Å². The molecule has 1 amide bonds. The van der Waals surface area contributed by atoms with Gasteiger partial charge in [-0.3, -0.25) is 9.35 Å². The van der Waals surface area contributed by atoms with E-state index in [1.165, 1.54) is 4.31 Å². The van der Waals surface area contributed by atoms with Gasteiger partial charge in [0, 0.05) is 43.1 Å². The van der Waals surface area contributed by atoms with Gasteiger partial charge in [0.05, 0.1) is 6.61 Å². The van der Waals surface area contributed by atoms with Crippen molar-refractivity contribution >= 4 is 40.7 Å². The lowest BCUT2D eigenvalue weighted by molar-refractivity contribution is -0.116. The second-order valence-corrected chi connectivity index (χ2v) is 8.02. The molecule has 0 aliphatic carbocycles. The Hall–Kier alpha value is -2.20. The fourth-order valence-electron chi connectivity index (χ4n) is 2.96. The zero-order valence-corrected chi connectivity index (χ0v) is 18.3. The third-order valence-corrected chi connectivity index (χ3v) is 5.55. The average molecular weight is 455 g/mol. The highest BCUT2D eigenvalue weighted by molar-refractivity contribution is 7.76. The van der Waals surface area contributed by atoms with Gasteiger partial charge >= 0.3 is 0 Å². The summed E-state index contributed by atoms with van der Waals surface area (Å²) in [5.74, 6) is -0.435. The standard InChI is InChI=1S/C20H27ClN4O4S/c1-2-3-4-5-13-29-19(20(26)23-17-8-6-7-16(21)14-17)18(15-22)24-9-11-25(12-10-24)30(27)28/h2,6-8,14-15,22H,1,3-5,9-13H2,(H,23,26)(H,27,28)/b19-18-,22-15?. The SMILES string of the molecule is C=CCCCCO/C(C(=O)Nc1cccc(Cl)c1)=C(/C=N)N1CCN(S(=O)O)CC1. The lowest BCUT2D eigenvalue weighted by atomic mass is 10.2. The Kier molecular flexibility index (Phi) is 10.0. The summed E-state index contributed by atoms with van der Waals surface area (Å²) in [6.45, 7) is 5.48. The summed E-state index contributed by atoms with van der Waals surface area (Å²) in [6, 6.07) is 6.77. The van der Waals surface area contributed by atoms with Crippen molar-refractivity contribution in [2.24, 2.45) is 0 Å². The fraction of sp³-hybridized carbons (Fsp3) is 0.400. The molecule has 3 N–H and O–H groups in total. The molecular weight excluding hydrogens is 428 g/mol. The number of rotatable bonds is 11. The molecule has 1 heterocycles. The normalized spacial score (nSPS) is 16.4. The van der Waals surface area contributed by atoms with Crippen LogP contribution in [0.5, 0.6) is 0 Å². The number of hydrogen-bond donors (Lipinski definition) is 3. The molecule has 2 rings (SSSR count). The number of halogens is 1. The number of nitrogens with one attached hydrogen (secondary N) is 2. The highest BCUT2D eigenvalue weighted by Gasteiger charge is 2.26. The number of ether oxygens (including phenoxy) is 1. The maximum atomic E-state index is 13.0. The molecular formula is C20H27ClN4O4S. The van der Waals surface area contributed by atoms with Crippen molar-refractivity contribution in [1.29, 1.82) is 5.41 Å². The maximum Gasteiger partial charge on any atom is 0.293 e. The molecule has 0 saturated carbocycles. The molecule has 1 aromatic rings. The number of allylic oxidation sites excluding steroid dienone is 2. The minimum Gasteiger partial charge on any atom is -0.486 e. The maximum absolute atomic E-state index is 13.0. The quantitative estimate of drug-likeness (QED) is 0.119. The summed E-state index contributed by atoms with van der Waals surface area (Å²) in [7, 11) is 0. The molecule has 1 saturated heterocycles. The minimum absolute atomic E-state index is 0.0437. The predicted molar refractivity (Wildman–Crippen MR) is 120 cm³/mol. The van der Waals surface area contributed by atoms with Crippen LogP contribution < -0.4 is 5.32 Å². The molecule has 1 atom stereocenters. The zero-order valence-electron chi connectivity index (χ0n) is 16.7. The average Bonchev–Trinajstić information content (AvgIpc) is 2.73. The van der Waals surface area contributed by atoms with E-state index >= 15 is 0 Å². The Morgan fingerprint density at radius 2 is 2.07 bits per heavy atom. The Morgan fingerprint density at radius 3 is 2.67 bits per heavy atom. The largest absolute Gasteiger partial charge is 0.486 e. The minimum atomic E-state index is -2.04. The van der Waals surface area contributed by atoms with Gasteiger partial charge < -0.3 is 20.4 Å². The number of nitrogens with zero attached hydrogens (tertiary/aromatic N) is 2. The second-order valence-electron chi connectivity index (χ2n) is 6.60. The van der Waals surface area contributed by atoms with E-state index in [0.29, 0.717) is 49.2 Å². The van der Waals surface area contributed by atoms with Crippen molar-refractivity contribution in [1.82, 2.24) is 9.21 Å². The van der Waals surface area contributed by atoms with Crippen LogP contribution in [0.3, 0.4) is 0 Å². The number of unbranched alkanes of at least 4 members (excludes halogenated alkanes) is 2. The fourth-order valence-corrected chi connectivity index (χ4v) is 3.63. The number of anilines is 1. The van der Waals surface area contributed by atoms with Crippen LogP contribution in [0.4, 0.5) is 5.69 Å². The van der Waals surface area contributed by atoms with Crippen molar-refractivity contribution in [3.05, 3.63) is 53.4 Å². The molecule has 1 aliphatic rings. The van der Waals surface area contributed by atoms with Gasteiger partial charge in [-0.1, -0.05) is 23.7 Å². The van der Waals surface area contributed by atoms with E-state index in [1.54, 1.807) is 24.3 Å². The van der Waals surface area contributed by atoms with Crippen LogP contribution in [0.1, 0.15) is 19.3 Å². The number of piperazine rings is 1. The van der Waals surface area contributed by atoms with Crippen LogP contribution >= 0.6 is 11.6 Å². The number of amides is 1. The Labute approximate surface area is 184 Å². The van der Waals surface area contributed by atoms with Gasteiger partial charge in [-0.2, -0.15) is 4.31 Å². The van der Waals surface area contributed by atoms with Crippen molar-refractivity contribution in [3.63, 3.8) is 0 Å². The van der Waals surface area contributed by atoms with E-state index in [-0.39, 0.29) is 5.76 Å². The zero-order chi connectivity index (χ0) is 21.9. The van der Waals surface area contributed by atoms with Crippen molar-refractivity contribution in [2.75, 3.05) is 38.1 Å². The lowest BCUT2D eigenvalue weighted by Gasteiger charge is -2.34. The molecule has 1 aliphatic heterocycles. The van der Waals surface area contributed by atoms with Crippen LogP contribution in [-0.2, 0) is 20.8 Å². The molecule has 0 aromatic heterocycles. The van der Waals surface area contributed by atoms with Crippen molar-refractivity contribution in [3.8, 4) is 0 Å². The van der Waals surface area contributed by atoms with E-state index in [1.807, 2.05) is 11.0 Å². The van der Waals surface area contributed by atoms with Gasteiger partial charge in [0.2, 0.25) is 17.0 Å². The lowest BCUT2D eigenvalue weighted by Crippen LogP contribution is -2.47. The van der Waals surface area contributed by atoms with Crippen LogP contribution in [0.15, 0.2) is 48.4 Å². The van der Waals surface area contributed by atoms with E-state index < -0.39 is 17.2 Å². The summed E-state index contributed by atoms with van der Waals surface area (Å²) < 4.78 is 27.7. The van der Waals surface area contributed by atoms with E-state index in [2.05, 4.69) is 11.9 Å². The highest BCUT2D eigenvalue weighted by Crippen LogP contribution is 2.19. The number of carbonyl (C=O) groups excluding carboxylic acids is 1. The molecule has 164 valence electrons. The first-order valence-electron chi connectivity index (χ1n) is 9.62. The van der Waals surface area contributed by atoms with E-state index in [4.69, 9.17) is 21.7 Å². The third kappa shape index (κ3) is 7.24. The van der Waals surface area contributed by atoms with Crippen molar-refractivity contribution < 1.29 is 18.3 Å². The van der Waals surface area contributed by atoms with E-state index in [9.17, 15) is 13.6 Å². The smallest absolute Gasteiger partial charge is 0.293 e. The number of hydrogen-bond acceptors (Lipinski definition) is 5. The van der Waals surface area contributed by atoms with E-state index in [0.717, 1.165) is 25.5 Å². The second kappa shape index (κ2) is 12.5. The topological polar surface area (TPSA) is 106 Å². The Morgan fingerprint density at radius 1 is 1.33 bits per heavy atom. The summed E-state index contributed by atoms with van der Waals surface area (Å²) in [6.07, 6.45) is 5.39. The number of carbonyl (C=O) groups is 1. The van der Waals surface area contributed by atoms with Gasteiger partial charge in [0.25, 0.3) is 5.91 Å². The molecule has 0 spiro atoms. The van der Waals surface area contributed by atoms with Crippen LogP contribution in [-0.4, -0.2) is 62.9 Å². The molecule has 1 unspecified atom stereocenters. The molecule has 1 fully saturated rings. The summed E-state index contributed by atoms with van der Waals surface area (Å²) >= 11 is 3.96. The molecule has 0 radical (unpaired) electrons. The van der Waals surface area contributed by atoms with Crippen LogP contribution in [0.2, 0.25) is 5.02 Å². The first kappa shape index (κ1) is 24.1. The monoisotopic (exact) mass is 454 g/mol.